The Morgan fingerprint density at radius 3 is 2.30 bits per heavy atom. The molecule has 0 bridgehead atoms. The molecule has 2 heterocycles. The van der Waals surface area contributed by atoms with E-state index in [1.54, 1.807) is 12.1 Å². The lowest BCUT2D eigenvalue weighted by atomic mass is 10.1. The fourth-order valence-electron chi connectivity index (χ4n) is 2.80. The van der Waals surface area contributed by atoms with Gasteiger partial charge in [-0.2, -0.15) is 0 Å². The number of imide groups is 1. The predicted molar refractivity (Wildman–Crippen MR) is 96.2 cm³/mol. The van der Waals surface area contributed by atoms with Crippen molar-refractivity contribution in [1.82, 2.24) is 4.98 Å². The van der Waals surface area contributed by atoms with Crippen molar-refractivity contribution < 1.29 is 18.8 Å². The molecule has 6 nitrogen and oxygen atoms in total. The molecule has 27 heavy (non-hydrogen) atoms. The lowest BCUT2D eigenvalue weighted by Gasteiger charge is -2.14. The lowest BCUT2D eigenvalue weighted by Crippen LogP contribution is -2.29. The summed E-state index contributed by atoms with van der Waals surface area (Å²) in [6.45, 7) is 0. The second kappa shape index (κ2) is 6.45. The van der Waals surface area contributed by atoms with Gasteiger partial charge in [0.05, 0.1) is 11.3 Å². The minimum absolute atomic E-state index is 0.112. The molecule has 4 rings (SSSR count). The molecule has 7 heteroatoms. The van der Waals surface area contributed by atoms with E-state index in [0.29, 0.717) is 16.9 Å². The molecule has 132 valence electrons. The summed E-state index contributed by atoms with van der Waals surface area (Å²) in [5.41, 5.74) is 1.50. The maximum atomic E-state index is 12.9. The number of pyridine rings is 1. The van der Waals surface area contributed by atoms with Crippen LogP contribution in [-0.2, 0) is 0 Å². The number of halogens is 1. The Hall–Kier alpha value is -3.87. The van der Waals surface area contributed by atoms with Crippen molar-refractivity contribution in [1.29, 1.82) is 0 Å². The van der Waals surface area contributed by atoms with Crippen LogP contribution in [0.2, 0.25) is 0 Å². The summed E-state index contributed by atoms with van der Waals surface area (Å²) in [7, 11) is 0. The van der Waals surface area contributed by atoms with Crippen LogP contribution in [0.15, 0.2) is 66.9 Å². The molecular formula is C20H12FN3O3. The Bertz CT molecular complexity index is 1030. The van der Waals surface area contributed by atoms with Gasteiger partial charge in [-0.25, -0.2) is 9.29 Å². The molecule has 0 unspecified atom stereocenters. The number of rotatable bonds is 3. The summed E-state index contributed by atoms with van der Waals surface area (Å²) in [6.07, 6.45) is 1.45. The highest BCUT2D eigenvalue weighted by atomic mass is 19.1. The Kier molecular flexibility index (Phi) is 3.97. The monoisotopic (exact) mass is 361 g/mol. The minimum Gasteiger partial charge on any atom is -0.322 e. The third-order valence-electron chi connectivity index (χ3n) is 4.14. The molecule has 1 aliphatic heterocycles. The number of carbonyl (C=O) groups is 3. The van der Waals surface area contributed by atoms with Crippen LogP contribution in [0.5, 0.6) is 0 Å². The number of hydrogen-bond donors (Lipinski definition) is 1. The quantitative estimate of drug-likeness (QED) is 0.726. The number of nitrogens with one attached hydrogen (secondary N) is 1. The van der Waals surface area contributed by atoms with Gasteiger partial charge in [-0.05, 0) is 60.7 Å². The maximum Gasteiger partial charge on any atom is 0.284 e. The Morgan fingerprint density at radius 2 is 1.63 bits per heavy atom. The van der Waals surface area contributed by atoms with Crippen molar-refractivity contribution in [2.24, 2.45) is 0 Å². The molecule has 0 aliphatic carbocycles. The van der Waals surface area contributed by atoms with Gasteiger partial charge in [-0.1, -0.05) is 0 Å². The topological polar surface area (TPSA) is 79.4 Å². The van der Waals surface area contributed by atoms with Crippen LogP contribution >= 0.6 is 0 Å². The van der Waals surface area contributed by atoms with E-state index in [0.717, 1.165) is 4.90 Å². The van der Waals surface area contributed by atoms with E-state index in [4.69, 9.17) is 0 Å². The van der Waals surface area contributed by atoms with Crippen LogP contribution in [0, 0.1) is 5.82 Å². The van der Waals surface area contributed by atoms with E-state index < -0.39 is 23.5 Å². The molecule has 0 fully saturated rings. The highest BCUT2D eigenvalue weighted by Gasteiger charge is 2.37. The first-order chi connectivity index (χ1) is 13.0. The molecule has 0 spiro atoms. The van der Waals surface area contributed by atoms with E-state index >= 15 is 0 Å². The van der Waals surface area contributed by atoms with Crippen LogP contribution in [-0.4, -0.2) is 22.7 Å². The molecule has 1 N–H and O–H groups in total. The first-order valence-electron chi connectivity index (χ1n) is 8.05. The highest BCUT2D eigenvalue weighted by Crippen LogP contribution is 2.27. The number of fused-ring (bicyclic) bond motifs is 1. The maximum absolute atomic E-state index is 12.9. The van der Waals surface area contributed by atoms with E-state index in [1.807, 2.05) is 0 Å². The lowest BCUT2D eigenvalue weighted by molar-refractivity contribution is 0.0924. The first kappa shape index (κ1) is 16.6. The minimum atomic E-state index is -0.501. The highest BCUT2D eigenvalue weighted by molar-refractivity contribution is 6.33. The van der Waals surface area contributed by atoms with Crippen molar-refractivity contribution in [3.05, 3.63) is 89.5 Å². The largest absolute Gasteiger partial charge is 0.322 e. The molecule has 0 atom stereocenters. The van der Waals surface area contributed by atoms with Crippen molar-refractivity contribution in [3.8, 4) is 0 Å². The normalized spacial score (nSPS) is 12.9. The van der Waals surface area contributed by atoms with Crippen LogP contribution in [0.4, 0.5) is 15.8 Å². The molecule has 0 radical (unpaired) electrons. The molecule has 1 aliphatic rings. The van der Waals surface area contributed by atoms with Gasteiger partial charge >= 0.3 is 0 Å². The van der Waals surface area contributed by atoms with Gasteiger partial charge in [0.15, 0.2) is 0 Å². The summed E-state index contributed by atoms with van der Waals surface area (Å²) < 4.78 is 12.9. The summed E-state index contributed by atoms with van der Waals surface area (Å²) >= 11 is 0. The third kappa shape index (κ3) is 2.95. The van der Waals surface area contributed by atoms with Gasteiger partial charge in [0.1, 0.15) is 11.5 Å². The van der Waals surface area contributed by atoms with Gasteiger partial charge in [0, 0.05) is 17.4 Å². The number of hydrogen-bond acceptors (Lipinski definition) is 4. The van der Waals surface area contributed by atoms with Crippen molar-refractivity contribution in [2.45, 2.75) is 0 Å². The summed E-state index contributed by atoms with van der Waals surface area (Å²) in [6, 6.07) is 14.6. The van der Waals surface area contributed by atoms with Crippen molar-refractivity contribution in [3.63, 3.8) is 0 Å². The zero-order valence-electron chi connectivity index (χ0n) is 13.8. The van der Waals surface area contributed by atoms with Gasteiger partial charge < -0.3 is 5.32 Å². The molecule has 3 aromatic rings. The van der Waals surface area contributed by atoms with Crippen LogP contribution in [0.3, 0.4) is 0 Å². The average Bonchev–Trinajstić information content (AvgIpc) is 2.95. The third-order valence-corrected chi connectivity index (χ3v) is 4.14. The summed E-state index contributed by atoms with van der Waals surface area (Å²) in [5, 5.41) is 2.64. The number of benzene rings is 2. The zero-order chi connectivity index (χ0) is 19.0. The Balaban J connectivity index is 1.54. The van der Waals surface area contributed by atoms with Crippen molar-refractivity contribution in [2.75, 3.05) is 10.2 Å². The van der Waals surface area contributed by atoms with Crippen LogP contribution in [0.25, 0.3) is 0 Å². The molecule has 0 saturated carbocycles. The fourth-order valence-corrected chi connectivity index (χ4v) is 2.80. The van der Waals surface area contributed by atoms with Gasteiger partial charge in [0.2, 0.25) is 0 Å². The van der Waals surface area contributed by atoms with Crippen LogP contribution < -0.4 is 10.2 Å². The SMILES string of the molecule is O=C(Nc1ccc(F)cc1)c1ccc(N2C(=O)c3cccnc3C2=O)cc1. The Morgan fingerprint density at radius 1 is 0.926 bits per heavy atom. The molecule has 3 amide bonds. The number of aromatic nitrogens is 1. The van der Waals surface area contributed by atoms with Crippen LogP contribution in [0.1, 0.15) is 31.2 Å². The number of amides is 3. The van der Waals surface area contributed by atoms with Gasteiger partial charge in [-0.3, -0.25) is 19.4 Å². The van der Waals surface area contributed by atoms with E-state index in [2.05, 4.69) is 10.3 Å². The van der Waals surface area contributed by atoms with E-state index in [9.17, 15) is 18.8 Å². The molecular weight excluding hydrogens is 349 g/mol. The van der Waals surface area contributed by atoms with E-state index in [-0.39, 0.29) is 11.3 Å². The number of carbonyl (C=O) groups excluding carboxylic acids is 3. The molecule has 2 aromatic carbocycles. The smallest absolute Gasteiger partial charge is 0.284 e. The summed E-state index contributed by atoms with van der Waals surface area (Å²) in [5.74, 6) is -1.74. The predicted octanol–water partition coefficient (Wildman–Crippen LogP) is 3.27. The second-order valence-corrected chi connectivity index (χ2v) is 5.85. The van der Waals surface area contributed by atoms with E-state index in [1.165, 1.54) is 54.7 Å². The standard InChI is InChI=1S/C20H12FN3O3/c21-13-5-7-14(8-6-13)23-18(25)12-3-9-15(10-4-12)24-19(26)16-2-1-11-22-17(16)20(24)27/h1-11H,(H,23,25). The molecule has 1 aromatic heterocycles. The number of anilines is 2. The van der Waals surface area contributed by atoms with Gasteiger partial charge in [-0.15, -0.1) is 0 Å². The van der Waals surface area contributed by atoms with Gasteiger partial charge in [0.25, 0.3) is 17.7 Å². The molecule has 0 saturated heterocycles. The van der Waals surface area contributed by atoms with Crippen molar-refractivity contribution >= 4 is 29.1 Å². The Labute approximate surface area is 153 Å². The summed E-state index contributed by atoms with van der Waals surface area (Å²) in [4.78, 5) is 42.1. The number of nitrogens with zero attached hydrogens (tertiary/aromatic N) is 2. The first-order valence-corrected chi connectivity index (χ1v) is 8.05. The second-order valence-electron chi connectivity index (χ2n) is 5.85. The zero-order valence-corrected chi connectivity index (χ0v) is 13.8. The average molecular weight is 361 g/mol. The fraction of sp³-hybridized carbons (Fsp3) is 0.